The Balaban J connectivity index is 1.88. The van der Waals surface area contributed by atoms with Crippen molar-refractivity contribution in [2.75, 3.05) is 5.73 Å². The van der Waals surface area contributed by atoms with Gasteiger partial charge < -0.3 is 5.73 Å². The van der Waals surface area contributed by atoms with Crippen LogP contribution in [0.5, 0.6) is 0 Å². The van der Waals surface area contributed by atoms with Crippen LogP contribution in [0.25, 0.3) is 0 Å². The maximum atomic E-state index is 11.6. The van der Waals surface area contributed by atoms with Crippen LogP contribution < -0.4 is 11.2 Å². The second-order valence-electron chi connectivity index (χ2n) is 3.67. The number of thiazole rings is 1. The van der Waals surface area contributed by atoms with Crippen LogP contribution in [0.15, 0.2) is 34.7 Å². The van der Waals surface area contributed by atoms with Crippen LogP contribution in [-0.4, -0.2) is 17.1 Å². The van der Waals surface area contributed by atoms with Gasteiger partial charge in [0, 0.05) is 16.0 Å². The molecule has 0 saturated heterocycles. The molecule has 1 amide bonds. The van der Waals surface area contributed by atoms with Crippen molar-refractivity contribution in [2.24, 2.45) is 5.10 Å². The Morgan fingerprint density at radius 2 is 2.32 bits per heavy atom. The lowest BCUT2D eigenvalue weighted by Crippen LogP contribution is -2.19. The van der Waals surface area contributed by atoms with E-state index in [9.17, 15) is 4.79 Å². The molecular formula is C12H11ClN4OS. The van der Waals surface area contributed by atoms with Crippen LogP contribution in [0, 0.1) is 0 Å². The number of benzene rings is 1. The van der Waals surface area contributed by atoms with Crippen LogP contribution in [-0.2, 0) is 11.2 Å². The molecule has 1 heterocycles. The number of carbonyl (C=O) groups is 1. The minimum Gasteiger partial charge on any atom is -0.375 e. The first-order valence-electron chi connectivity index (χ1n) is 5.41. The summed E-state index contributed by atoms with van der Waals surface area (Å²) in [5.74, 6) is -0.256. The molecule has 0 aliphatic heterocycles. The van der Waals surface area contributed by atoms with Crippen molar-refractivity contribution in [2.45, 2.75) is 6.42 Å². The van der Waals surface area contributed by atoms with Gasteiger partial charge in [0.2, 0.25) is 5.91 Å². The van der Waals surface area contributed by atoms with E-state index in [2.05, 4.69) is 15.5 Å². The van der Waals surface area contributed by atoms with Crippen molar-refractivity contribution in [1.29, 1.82) is 0 Å². The first kappa shape index (κ1) is 13.5. The predicted octanol–water partition coefficient (Wildman–Crippen LogP) is 2.07. The number of anilines is 1. The fourth-order valence-corrected chi connectivity index (χ4v) is 2.11. The summed E-state index contributed by atoms with van der Waals surface area (Å²) >= 11 is 7.25. The number of nitrogens with two attached hydrogens (primary N) is 1. The van der Waals surface area contributed by atoms with Gasteiger partial charge in [0.05, 0.1) is 18.3 Å². The summed E-state index contributed by atoms with van der Waals surface area (Å²) in [6, 6.07) is 7.22. The lowest BCUT2D eigenvalue weighted by Gasteiger charge is -1.98. The van der Waals surface area contributed by atoms with Gasteiger partial charge >= 0.3 is 0 Å². The van der Waals surface area contributed by atoms with E-state index >= 15 is 0 Å². The molecule has 0 radical (unpaired) electrons. The van der Waals surface area contributed by atoms with Crippen molar-refractivity contribution in [3.8, 4) is 0 Å². The number of hydrogen-bond acceptors (Lipinski definition) is 5. The van der Waals surface area contributed by atoms with Gasteiger partial charge in [0.25, 0.3) is 0 Å². The third kappa shape index (κ3) is 4.04. The highest BCUT2D eigenvalue weighted by molar-refractivity contribution is 7.13. The number of amides is 1. The van der Waals surface area contributed by atoms with Crippen molar-refractivity contribution in [3.05, 3.63) is 45.9 Å². The molecule has 3 N–H and O–H groups in total. The van der Waals surface area contributed by atoms with Gasteiger partial charge in [-0.15, -0.1) is 11.3 Å². The van der Waals surface area contributed by atoms with Gasteiger partial charge in [0.15, 0.2) is 5.13 Å². The van der Waals surface area contributed by atoms with Crippen molar-refractivity contribution in [3.63, 3.8) is 0 Å². The van der Waals surface area contributed by atoms with Crippen molar-refractivity contribution in [1.82, 2.24) is 10.4 Å². The number of nitrogens with zero attached hydrogens (tertiary/aromatic N) is 2. The quantitative estimate of drug-likeness (QED) is 0.669. The molecule has 5 nitrogen and oxygen atoms in total. The molecule has 2 aromatic rings. The summed E-state index contributed by atoms with van der Waals surface area (Å²) in [5.41, 5.74) is 9.26. The lowest BCUT2D eigenvalue weighted by atomic mass is 10.2. The molecule has 0 aliphatic carbocycles. The maximum absolute atomic E-state index is 11.6. The lowest BCUT2D eigenvalue weighted by molar-refractivity contribution is -0.120. The average molecular weight is 295 g/mol. The van der Waals surface area contributed by atoms with E-state index < -0.39 is 0 Å². The van der Waals surface area contributed by atoms with Crippen LogP contribution in [0.1, 0.15) is 11.3 Å². The number of aromatic nitrogens is 1. The molecular weight excluding hydrogens is 284 g/mol. The number of nitrogens with one attached hydrogen (secondary N) is 1. The van der Waals surface area contributed by atoms with Gasteiger partial charge in [0.1, 0.15) is 0 Å². The van der Waals surface area contributed by atoms with E-state index in [1.165, 1.54) is 17.6 Å². The van der Waals surface area contributed by atoms with Crippen molar-refractivity contribution >= 4 is 40.2 Å². The molecule has 7 heteroatoms. The third-order valence-electron chi connectivity index (χ3n) is 2.21. The zero-order valence-corrected chi connectivity index (χ0v) is 11.4. The predicted molar refractivity (Wildman–Crippen MR) is 77.4 cm³/mol. The molecule has 0 unspecified atom stereocenters. The second-order valence-corrected chi connectivity index (χ2v) is 4.97. The fourth-order valence-electron chi connectivity index (χ4n) is 1.36. The molecule has 0 atom stereocenters. The summed E-state index contributed by atoms with van der Waals surface area (Å²) in [6.07, 6.45) is 1.64. The van der Waals surface area contributed by atoms with Crippen LogP contribution in [0.3, 0.4) is 0 Å². The Bertz CT molecular complexity index is 611. The Morgan fingerprint density at radius 3 is 3.00 bits per heavy atom. The SMILES string of the molecule is Nc1nc(CC(=O)N/N=C/c2ccccc2Cl)cs1. The van der Waals surface area contributed by atoms with E-state index in [1.807, 2.05) is 12.1 Å². The molecule has 0 saturated carbocycles. The van der Waals surface area contributed by atoms with Gasteiger partial charge in [-0.1, -0.05) is 29.8 Å². The Kier molecular flexibility index (Phi) is 4.48. The van der Waals surface area contributed by atoms with E-state index in [0.717, 1.165) is 5.56 Å². The molecule has 19 heavy (non-hydrogen) atoms. The summed E-state index contributed by atoms with van der Waals surface area (Å²) in [4.78, 5) is 15.6. The molecule has 0 spiro atoms. The van der Waals surface area contributed by atoms with Gasteiger partial charge in [-0.05, 0) is 6.07 Å². The second kappa shape index (κ2) is 6.31. The maximum Gasteiger partial charge on any atom is 0.246 e. The zero-order chi connectivity index (χ0) is 13.7. The molecule has 0 aliphatic rings. The summed E-state index contributed by atoms with van der Waals surface area (Å²) in [5, 5.41) is 6.61. The summed E-state index contributed by atoms with van der Waals surface area (Å²) < 4.78 is 0. The molecule has 2 rings (SSSR count). The monoisotopic (exact) mass is 294 g/mol. The van der Waals surface area contributed by atoms with E-state index in [1.54, 1.807) is 17.5 Å². The van der Waals surface area contributed by atoms with Gasteiger partial charge in [-0.3, -0.25) is 4.79 Å². The number of hydrazone groups is 1. The topological polar surface area (TPSA) is 80.4 Å². The van der Waals surface area contributed by atoms with Crippen molar-refractivity contribution < 1.29 is 4.79 Å². The zero-order valence-electron chi connectivity index (χ0n) is 9.84. The number of nitrogen functional groups attached to an aromatic ring is 1. The minimum atomic E-state index is -0.256. The number of carbonyl (C=O) groups excluding carboxylic acids is 1. The Labute approximate surface area is 119 Å². The number of rotatable bonds is 4. The van der Waals surface area contributed by atoms with Gasteiger partial charge in [-0.2, -0.15) is 5.10 Å². The Morgan fingerprint density at radius 1 is 1.53 bits per heavy atom. The number of hydrogen-bond donors (Lipinski definition) is 2. The average Bonchev–Trinajstić information content (AvgIpc) is 2.77. The largest absolute Gasteiger partial charge is 0.375 e. The standard InChI is InChI=1S/C12H11ClN4OS/c13-10-4-2-1-3-8(10)6-15-17-11(18)5-9-7-19-12(14)16-9/h1-4,6-7H,5H2,(H2,14,16)(H,17,18)/b15-6+. The summed E-state index contributed by atoms with van der Waals surface area (Å²) in [6.45, 7) is 0. The van der Waals surface area contributed by atoms with Crippen LogP contribution in [0.4, 0.5) is 5.13 Å². The van der Waals surface area contributed by atoms with Gasteiger partial charge in [-0.25, -0.2) is 10.4 Å². The summed E-state index contributed by atoms with van der Waals surface area (Å²) in [7, 11) is 0. The van der Waals surface area contributed by atoms with Crippen LogP contribution >= 0.6 is 22.9 Å². The van der Waals surface area contributed by atoms with E-state index in [0.29, 0.717) is 15.8 Å². The smallest absolute Gasteiger partial charge is 0.246 e. The third-order valence-corrected chi connectivity index (χ3v) is 3.28. The highest BCUT2D eigenvalue weighted by Gasteiger charge is 2.05. The number of halogens is 1. The normalized spacial score (nSPS) is 10.8. The Hall–Kier alpha value is -1.92. The molecule has 0 fully saturated rings. The van der Waals surface area contributed by atoms with E-state index in [-0.39, 0.29) is 12.3 Å². The molecule has 1 aromatic carbocycles. The first-order chi connectivity index (χ1) is 9.15. The van der Waals surface area contributed by atoms with E-state index in [4.69, 9.17) is 17.3 Å². The minimum absolute atomic E-state index is 0.146. The fraction of sp³-hybridized carbons (Fsp3) is 0.0833. The highest BCUT2D eigenvalue weighted by atomic mass is 35.5. The highest BCUT2D eigenvalue weighted by Crippen LogP contribution is 2.12. The molecule has 1 aromatic heterocycles. The van der Waals surface area contributed by atoms with Crippen LogP contribution in [0.2, 0.25) is 5.02 Å². The molecule has 98 valence electrons. The molecule has 0 bridgehead atoms. The first-order valence-corrected chi connectivity index (χ1v) is 6.67.